The summed E-state index contributed by atoms with van der Waals surface area (Å²) in [5, 5.41) is 2.93. The Balaban J connectivity index is 4.19. The van der Waals surface area contributed by atoms with Crippen LogP contribution in [-0.4, -0.2) is 37.7 Å². The molecule has 1 unspecified atom stereocenters. The molecule has 0 saturated carbocycles. The van der Waals surface area contributed by atoms with Gasteiger partial charge in [-0.15, -0.1) is 0 Å². The minimum absolute atomic E-state index is 0.214. The Morgan fingerprint density at radius 3 is 2.55 bits per heavy atom. The molecule has 0 heterocycles. The summed E-state index contributed by atoms with van der Waals surface area (Å²) in [4.78, 5) is 11.2. The monoisotopic (exact) mass is 177 g/mol. The number of carbonyl (C=O) groups is 1. The van der Waals surface area contributed by atoms with Crippen molar-refractivity contribution in [2.24, 2.45) is 0 Å². The molecule has 3 nitrogen and oxygen atoms in total. The highest BCUT2D eigenvalue weighted by atomic mass is 32.2. The topological polar surface area (TPSA) is 38.3 Å². The SMILES string of the molecule is CNC(C)(CSC)C(=O)OC. The first-order valence-electron chi connectivity index (χ1n) is 3.37. The lowest BCUT2D eigenvalue weighted by atomic mass is 10.1. The van der Waals surface area contributed by atoms with E-state index in [0.29, 0.717) is 0 Å². The van der Waals surface area contributed by atoms with Crippen molar-refractivity contribution in [3.63, 3.8) is 0 Å². The summed E-state index contributed by atoms with van der Waals surface area (Å²) in [6, 6.07) is 0. The van der Waals surface area contributed by atoms with Gasteiger partial charge in [-0.1, -0.05) is 0 Å². The molecule has 0 aromatic heterocycles. The molecule has 1 atom stereocenters. The molecule has 0 aliphatic carbocycles. The first kappa shape index (κ1) is 10.8. The van der Waals surface area contributed by atoms with Gasteiger partial charge in [-0.05, 0) is 20.2 Å². The quantitative estimate of drug-likeness (QED) is 0.635. The van der Waals surface area contributed by atoms with Gasteiger partial charge >= 0.3 is 5.97 Å². The van der Waals surface area contributed by atoms with E-state index < -0.39 is 5.54 Å². The highest BCUT2D eigenvalue weighted by Gasteiger charge is 2.31. The highest BCUT2D eigenvalue weighted by Crippen LogP contribution is 2.11. The lowest BCUT2D eigenvalue weighted by Gasteiger charge is -2.24. The van der Waals surface area contributed by atoms with Gasteiger partial charge in [-0.2, -0.15) is 11.8 Å². The number of nitrogens with one attached hydrogen (secondary N) is 1. The lowest BCUT2D eigenvalue weighted by molar-refractivity contribution is -0.146. The Hall–Kier alpha value is -0.220. The number of methoxy groups -OCH3 is 1. The average molecular weight is 177 g/mol. The second-order valence-corrected chi connectivity index (χ2v) is 3.37. The van der Waals surface area contributed by atoms with E-state index in [0.717, 1.165) is 5.75 Å². The molecule has 0 saturated heterocycles. The second-order valence-electron chi connectivity index (χ2n) is 2.51. The fourth-order valence-electron chi connectivity index (χ4n) is 0.747. The Bertz CT molecular complexity index is 140. The fraction of sp³-hybridized carbons (Fsp3) is 0.857. The van der Waals surface area contributed by atoms with Gasteiger partial charge < -0.3 is 10.1 Å². The van der Waals surface area contributed by atoms with Crippen molar-refractivity contribution in [1.82, 2.24) is 5.32 Å². The number of rotatable bonds is 4. The van der Waals surface area contributed by atoms with Crippen molar-refractivity contribution in [3.05, 3.63) is 0 Å². The molecule has 0 fully saturated rings. The van der Waals surface area contributed by atoms with E-state index in [2.05, 4.69) is 10.1 Å². The molecule has 0 aliphatic heterocycles. The largest absolute Gasteiger partial charge is 0.468 e. The summed E-state index contributed by atoms with van der Waals surface area (Å²) in [6.07, 6.45) is 1.96. The minimum Gasteiger partial charge on any atom is -0.468 e. The number of hydrogen-bond acceptors (Lipinski definition) is 4. The van der Waals surface area contributed by atoms with Gasteiger partial charge in [0, 0.05) is 5.75 Å². The zero-order valence-electron chi connectivity index (χ0n) is 7.43. The van der Waals surface area contributed by atoms with Gasteiger partial charge in [0.1, 0.15) is 5.54 Å². The Morgan fingerprint density at radius 2 is 2.27 bits per heavy atom. The van der Waals surface area contributed by atoms with Crippen LogP contribution in [0.1, 0.15) is 6.92 Å². The van der Waals surface area contributed by atoms with E-state index >= 15 is 0 Å². The Labute approximate surface area is 71.9 Å². The molecule has 0 radical (unpaired) electrons. The van der Waals surface area contributed by atoms with Gasteiger partial charge in [0.2, 0.25) is 0 Å². The first-order chi connectivity index (χ1) is 5.10. The zero-order chi connectivity index (χ0) is 8.91. The van der Waals surface area contributed by atoms with Gasteiger partial charge in [0.05, 0.1) is 7.11 Å². The summed E-state index contributed by atoms with van der Waals surface area (Å²) < 4.78 is 4.64. The number of esters is 1. The lowest BCUT2D eigenvalue weighted by Crippen LogP contribution is -2.50. The van der Waals surface area contributed by atoms with Crippen LogP contribution < -0.4 is 5.32 Å². The number of carbonyl (C=O) groups excluding carboxylic acids is 1. The maximum atomic E-state index is 11.2. The Morgan fingerprint density at radius 1 is 1.73 bits per heavy atom. The molecule has 0 aromatic rings. The van der Waals surface area contributed by atoms with E-state index in [1.807, 2.05) is 13.2 Å². The smallest absolute Gasteiger partial charge is 0.326 e. The summed E-state index contributed by atoms with van der Waals surface area (Å²) in [5.74, 6) is 0.505. The molecular formula is C7H15NO2S. The van der Waals surface area contributed by atoms with E-state index in [9.17, 15) is 4.79 Å². The van der Waals surface area contributed by atoms with Crippen LogP contribution >= 0.6 is 11.8 Å². The van der Waals surface area contributed by atoms with Gasteiger partial charge in [-0.25, -0.2) is 0 Å². The summed E-state index contributed by atoms with van der Waals surface area (Å²) >= 11 is 1.61. The number of thioether (sulfide) groups is 1. The van der Waals surface area contributed by atoms with Crippen molar-refractivity contribution < 1.29 is 9.53 Å². The number of likely N-dealkylation sites (N-methyl/N-ethyl adjacent to an activating group) is 1. The average Bonchev–Trinajstić information content (AvgIpc) is 2.03. The fourth-order valence-corrected chi connectivity index (χ4v) is 1.59. The van der Waals surface area contributed by atoms with E-state index in [-0.39, 0.29) is 5.97 Å². The summed E-state index contributed by atoms with van der Waals surface area (Å²) in [6.45, 7) is 1.83. The molecule has 11 heavy (non-hydrogen) atoms. The van der Waals surface area contributed by atoms with Crippen molar-refractivity contribution in [2.75, 3.05) is 26.2 Å². The van der Waals surface area contributed by atoms with Crippen LogP contribution in [0, 0.1) is 0 Å². The van der Waals surface area contributed by atoms with Crippen LogP contribution in [0.5, 0.6) is 0 Å². The van der Waals surface area contributed by atoms with Gasteiger partial charge in [-0.3, -0.25) is 4.79 Å². The van der Waals surface area contributed by atoms with E-state index in [1.54, 1.807) is 18.8 Å². The molecule has 66 valence electrons. The van der Waals surface area contributed by atoms with Crippen molar-refractivity contribution in [3.8, 4) is 0 Å². The molecule has 0 rings (SSSR count). The standard InChI is InChI=1S/C7H15NO2S/c1-7(8-2,5-11-4)6(9)10-3/h8H,5H2,1-4H3. The van der Waals surface area contributed by atoms with Crippen molar-refractivity contribution in [2.45, 2.75) is 12.5 Å². The van der Waals surface area contributed by atoms with Crippen LogP contribution in [0.3, 0.4) is 0 Å². The molecular weight excluding hydrogens is 162 g/mol. The third-order valence-electron chi connectivity index (χ3n) is 1.62. The molecule has 0 aliphatic rings. The van der Waals surface area contributed by atoms with Crippen molar-refractivity contribution >= 4 is 17.7 Å². The molecule has 0 aromatic carbocycles. The molecule has 0 amide bonds. The third kappa shape index (κ3) is 2.71. The van der Waals surface area contributed by atoms with Crippen LogP contribution in [0.15, 0.2) is 0 Å². The predicted molar refractivity (Wildman–Crippen MR) is 47.9 cm³/mol. The van der Waals surface area contributed by atoms with Crippen LogP contribution in [0.2, 0.25) is 0 Å². The van der Waals surface area contributed by atoms with Crippen LogP contribution in [0.25, 0.3) is 0 Å². The summed E-state index contributed by atoms with van der Waals surface area (Å²) in [7, 11) is 3.16. The summed E-state index contributed by atoms with van der Waals surface area (Å²) in [5.41, 5.74) is -0.547. The highest BCUT2D eigenvalue weighted by molar-refractivity contribution is 7.98. The third-order valence-corrected chi connectivity index (χ3v) is 2.49. The number of hydrogen-bond donors (Lipinski definition) is 1. The molecule has 0 bridgehead atoms. The van der Waals surface area contributed by atoms with Gasteiger partial charge in [0.25, 0.3) is 0 Å². The predicted octanol–water partition coefficient (Wildman–Crippen LogP) is 0.500. The Kier molecular flexibility index (Phi) is 4.52. The zero-order valence-corrected chi connectivity index (χ0v) is 8.25. The second kappa shape index (κ2) is 4.62. The van der Waals surface area contributed by atoms with Gasteiger partial charge in [0.15, 0.2) is 0 Å². The molecule has 4 heteroatoms. The van der Waals surface area contributed by atoms with E-state index in [4.69, 9.17) is 0 Å². The van der Waals surface area contributed by atoms with Crippen molar-refractivity contribution in [1.29, 1.82) is 0 Å². The maximum Gasteiger partial charge on any atom is 0.326 e. The molecule has 0 spiro atoms. The normalized spacial score (nSPS) is 15.6. The minimum atomic E-state index is -0.547. The maximum absolute atomic E-state index is 11.2. The number of ether oxygens (including phenoxy) is 1. The van der Waals surface area contributed by atoms with Crippen LogP contribution in [0.4, 0.5) is 0 Å². The first-order valence-corrected chi connectivity index (χ1v) is 4.76. The van der Waals surface area contributed by atoms with E-state index in [1.165, 1.54) is 7.11 Å². The van der Waals surface area contributed by atoms with Crippen LogP contribution in [-0.2, 0) is 9.53 Å². The molecule has 1 N–H and O–H groups in total.